The SMILES string of the molecule is CCN(CC)S(=O)(=O)c1ccc(Cl)c(NC(=O)C(C)OC(=O)/C=C/c2cccc(Cl)c2)c1. The normalized spacial score (nSPS) is 12.7. The van der Waals surface area contributed by atoms with Gasteiger partial charge in [0.25, 0.3) is 5.91 Å². The van der Waals surface area contributed by atoms with Gasteiger partial charge in [-0.2, -0.15) is 4.31 Å². The fraction of sp³-hybridized carbons (Fsp3) is 0.273. The second-order valence-electron chi connectivity index (χ2n) is 6.69. The van der Waals surface area contributed by atoms with Crippen LogP contribution in [-0.4, -0.2) is 43.8 Å². The summed E-state index contributed by atoms with van der Waals surface area (Å²) in [5.41, 5.74) is 0.798. The number of carbonyl (C=O) groups is 2. The molecule has 0 aliphatic rings. The molecular weight excluding hydrogens is 475 g/mol. The van der Waals surface area contributed by atoms with Gasteiger partial charge in [0.2, 0.25) is 10.0 Å². The summed E-state index contributed by atoms with van der Waals surface area (Å²) in [6.07, 6.45) is 1.54. The summed E-state index contributed by atoms with van der Waals surface area (Å²) in [5, 5.41) is 3.18. The van der Waals surface area contributed by atoms with Crippen molar-refractivity contribution in [1.82, 2.24) is 4.31 Å². The number of esters is 1. The fourth-order valence-corrected chi connectivity index (χ4v) is 4.60. The lowest BCUT2D eigenvalue weighted by Crippen LogP contribution is -2.31. The minimum Gasteiger partial charge on any atom is -0.449 e. The lowest BCUT2D eigenvalue weighted by Gasteiger charge is -2.19. The van der Waals surface area contributed by atoms with Gasteiger partial charge in [-0.15, -0.1) is 0 Å². The van der Waals surface area contributed by atoms with Crippen LogP contribution in [0.3, 0.4) is 0 Å². The Kier molecular flexibility index (Phi) is 9.27. The molecule has 0 aliphatic heterocycles. The standard InChI is InChI=1S/C22H24Cl2N2O5S/c1-4-26(5-2)32(29,30)18-10-11-19(24)20(14-18)25-22(28)15(3)31-21(27)12-9-16-7-6-8-17(23)13-16/h6-15H,4-5H2,1-3H3,(H,25,28)/b12-9+. The summed E-state index contributed by atoms with van der Waals surface area (Å²) in [7, 11) is -3.73. The number of benzene rings is 2. The first-order valence-corrected chi connectivity index (χ1v) is 12.0. The minimum absolute atomic E-state index is 0.00463. The molecule has 2 aromatic rings. The molecule has 0 heterocycles. The van der Waals surface area contributed by atoms with Crippen LogP contribution in [0.15, 0.2) is 53.4 Å². The highest BCUT2D eigenvalue weighted by Gasteiger charge is 2.24. The van der Waals surface area contributed by atoms with E-state index in [0.717, 1.165) is 0 Å². The molecule has 0 saturated heterocycles. The zero-order valence-electron chi connectivity index (χ0n) is 17.8. The van der Waals surface area contributed by atoms with Gasteiger partial charge >= 0.3 is 5.97 Å². The van der Waals surface area contributed by atoms with Crippen molar-refractivity contribution in [2.24, 2.45) is 0 Å². The molecule has 32 heavy (non-hydrogen) atoms. The number of sulfonamides is 1. The van der Waals surface area contributed by atoms with Gasteiger partial charge < -0.3 is 10.1 Å². The number of nitrogens with zero attached hydrogens (tertiary/aromatic N) is 1. The van der Waals surface area contributed by atoms with Crippen LogP contribution in [-0.2, 0) is 24.3 Å². The predicted octanol–water partition coefficient (Wildman–Crippen LogP) is 4.61. The fourth-order valence-electron chi connectivity index (χ4n) is 2.75. The van der Waals surface area contributed by atoms with Gasteiger partial charge in [0, 0.05) is 24.2 Å². The zero-order valence-corrected chi connectivity index (χ0v) is 20.2. The number of hydrogen-bond donors (Lipinski definition) is 1. The molecule has 172 valence electrons. The molecule has 2 aromatic carbocycles. The monoisotopic (exact) mass is 498 g/mol. The Morgan fingerprint density at radius 3 is 2.44 bits per heavy atom. The minimum atomic E-state index is -3.73. The zero-order chi connectivity index (χ0) is 23.9. The molecule has 0 fully saturated rings. The van der Waals surface area contributed by atoms with Crippen LogP contribution in [0.1, 0.15) is 26.3 Å². The summed E-state index contributed by atoms with van der Waals surface area (Å²) < 4.78 is 31.8. The molecule has 0 spiro atoms. The van der Waals surface area contributed by atoms with E-state index in [2.05, 4.69) is 5.32 Å². The Balaban J connectivity index is 2.09. The average molecular weight is 499 g/mol. The maximum atomic E-state index is 12.7. The van der Waals surface area contributed by atoms with E-state index in [1.807, 2.05) is 0 Å². The van der Waals surface area contributed by atoms with E-state index < -0.39 is 28.0 Å². The van der Waals surface area contributed by atoms with Gasteiger partial charge in [0.05, 0.1) is 15.6 Å². The van der Waals surface area contributed by atoms with Crippen molar-refractivity contribution >= 4 is 56.9 Å². The van der Waals surface area contributed by atoms with Crippen molar-refractivity contribution in [2.45, 2.75) is 31.8 Å². The summed E-state index contributed by atoms with van der Waals surface area (Å²) in [6, 6.07) is 10.9. The molecule has 1 unspecified atom stereocenters. The highest BCUT2D eigenvalue weighted by atomic mass is 35.5. The van der Waals surface area contributed by atoms with E-state index in [1.165, 1.54) is 41.6 Å². The highest BCUT2D eigenvalue weighted by molar-refractivity contribution is 7.89. The molecular formula is C22H24Cl2N2O5S. The van der Waals surface area contributed by atoms with E-state index in [0.29, 0.717) is 23.7 Å². The topological polar surface area (TPSA) is 92.8 Å². The Morgan fingerprint density at radius 1 is 1.12 bits per heavy atom. The number of ether oxygens (including phenoxy) is 1. The maximum absolute atomic E-state index is 12.7. The number of hydrogen-bond acceptors (Lipinski definition) is 5. The van der Waals surface area contributed by atoms with Crippen molar-refractivity contribution in [2.75, 3.05) is 18.4 Å². The molecule has 2 rings (SSSR count). The lowest BCUT2D eigenvalue weighted by molar-refractivity contribution is -0.148. The van der Waals surface area contributed by atoms with Crippen molar-refractivity contribution in [3.8, 4) is 0 Å². The van der Waals surface area contributed by atoms with Gasteiger partial charge in [-0.05, 0) is 48.9 Å². The van der Waals surface area contributed by atoms with E-state index in [1.54, 1.807) is 38.1 Å². The molecule has 0 radical (unpaired) electrons. The molecule has 0 saturated carbocycles. The molecule has 10 heteroatoms. The second kappa shape index (κ2) is 11.5. The molecule has 0 aromatic heterocycles. The van der Waals surface area contributed by atoms with E-state index in [-0.39, 0.29) is 15.6 Å². The van der Waals surface area contributed by atoms with Crippen molar-refractivity contribution in [3.63, 3.8) is 0 Å². The molecule has 0 bridgehead atoms. The first-order valence-electron chi connectivity index (χ1n) is 9.83. The summed E-state index contributed by atoms with van der Waals surface area (Å²) in [4.78, 5) is 24.5. The van der Waals surface area contributed by atoms with E-state index in [9.17, 15) is 18.0 Å². The number of carbonyl (C=O) groups excluding carboxylic acids is 2. The van der Waals surface area contributed by atoms with Crippen molar-refractivity contribution in [3.05, 3.63) is 64.1 Å². The number of halogens is 2. The van der Waals surface area contributed by atoms with Crippen LogP contribution < -0.4 is 5.32 Å². The Morgan fingerprint density at radius 2 is 1.81 bits per heavy atom. The smallest absolute Gasteiger partial charge is 0.331 e. The van der Waals surface area contributed by atoms with Crippen LogP contribution in [0.5, 0.6) is 0 Å². The number of rotatable bonds is 9. The van der Waals surface area contributed by atoms with E-state index in [4.69, 9.17) is 27.9 Å². The van der Waals surface area contributed by atoms with Crippen LogP contribution in [0, 0.1) is 0 Å². The lowest BCUT2D eigenvalue weighted by atomic mass is 10.2. The number of nitrogens with one attached hydrogen (secondary N) is 1. The first kappa shape index (κ1) is 25.9. The second-order valence-corrected chi connectivity index (χ2v) is 9.47. The molecule has 1 N–H and O–H groups in total. The van der Waals surface area contributed by atoms with Crippen molar-refractivity contribution < 1.29 is 22.7 Å². The third kappa shape index (κ3) is 6.80. The Bertz CT molecular complexity index is 1120. The number of anilines is 1. The average Bonchev–Trinajstić information content (AvgIpc) is 2.74. The predicted molar refractivity (Wildman–Crippen MR) is 126 cm³/mol. The van der Waals surface area contributed by atoms with Gasteiger partial charge in [0.15, 0.2) is 6.10 Å². The van der Waals surface area contributed by atoms with Crippen LogP contribution in [0.2, 0.25) is 10.0 Å². The summed E-state index contributed by atoms with van der Waals surface area (Å²) >= 11 is 12.0. The van der Waals surface area contributed by atoms with Crippen molar-refractivity contribution in [1.29, 1.82) is 0 Å². The largest absolute Gasteiger partial charge is 0.449 e. The molecule has 1 amide bonds. The third-order valence-corrected chi connectivity index (χ3v) is 7.07. The van der Waals surface area contributed by atoms with Gasteiger partial charge in [-0.1, -0.05) is 49.2 Å². The third-order valence-electron chi connectivity index (χ3n) is 4.46. The Labute approximate surface area is 198 Å². The Hall–Kier alpha value is -2.39. The number of amides is 1. The molecule has 7 nitrogen and oxygen atoms in total. The summed E-state index contributed by atoms with van der Waals surface area (Å²) in [5.74, 6) is -1.38. The highest BCUT2D eigenvalue weighted by Crippen LogP contribution is 2.27. The van der Waals surface area contributed by atoms with Gasteiger partial charge in [0.1, 0.15) is 0 Å². The van der Waals surface area contributed by atoms with Gasteiger partial charge in [-0.25, -0.2) is 13.2 Å². The van der Waals surface area contributed by atoms with Crippen LogP contribution in [0.4, 0.5) is 5.69 Å². The summed E-state index contributed by atoms with van der Waals surface area (Å²) in [6.45, 7) is 5.47. The first-order chi connectivity index (χ1) is 15.1. The molecule has 1 atom stereocenters. The van der Waals surface area contributed by atoms with Crippen LogP contribution in [0.25, 0.3) is 6.08 Å². The van der Waals surface area contributed by atoms with Crippen LogP contribution >= 0.6 is 23.2 Å². The maximum Gasteiger partial charge on any atom is 0.331 e. The molecule has 0 aliphatic carbocycles. The van der Waals surface area contributed by atoms with Gasteiger partial charge in [-0.3, -0.25) is 4.79 Å². The van der Waals surface area contributed by atoms with E-state index >= 15 is 0 Å². The quantitative estimate of drug-likeness (QED) is 0.402.